The second-order valence-corrected chi connectivity index (χ2v) is 9.85. The van der Waals surface area contributed by atoms with Crippen LogP contribution in [0.1, 0.15) is 50.9 Å². The zero-order chi connectivity index (χ0) is 22.5. The van der Waals surface area contributed by atoms with Gasteiger partial charge >= 0.3 is 0 Å². The third-order valence-electron chi connectivity index (χ3n) is 5.77. The van der Waals surface area contributed by atoms with Crippen LogP contribution in [0.25, 0.3) is 5.69 Å². The van der Waals surface area contributed by atoms with Gasteiger partial charge < -0.3 is 5.32 Å². The molecule has 1 amide bonds. The molecule has 0 spiro atoms. The van der Waals surface area contributed by atoms with Gasteiger partial charge in [-0.3, -0.25) is 14.3 Å². The summed E-state index contributed by atoms with van der Waals surface area (Å²) in [6.45, 7) is 9.14. The van der Waals surface area contributed by atoms with Crippen molar-refractivity contribution in [1.29, 1.82) is 0 Å². The highest BCUT2D eigenvalue weighted by molar-refractivity contribution is 8.00. The van der Waals surface area contributed by atoms with Crippen LogP contribution >= 0.6 is 11.8 Å². The van der Waals surface area contributed by atoms with Gasteiger partial charge in [0.2, 0.25) is 5.91 Å². The monoisotopic (exact) mass is 449 g/mol. The fourth-order valence-corrected chi connectivity index (χ4v) is 4.90. The Morgan fingerprint density at radius 2 is 1.69 bits per heavy atom. The molecule has 4 rings (SSSR count). The van der Waals surface area contributed by atoms with Gasteiger partial charge in [-0.25, -0.2) is 0 Å². The summed E-state index contributed by atoms with van der Waals surface area (Å²) in [5.74, 6) is 1.22. The summed E-state index contributed by atoms with van der Waals surface area (Å²) in [5.41, 5.74) is 3.03. The highest BCUT2D eigenvalue weighted by Crippen LogP contribution is 2.29. The van der Waals surface area contributed by atoms with Gasteiger partial charge in [-0.15, -0.1) is 10.2 Å². The normalized spacial score (nSPS) is 15.2. The predicted molar refractivity (Wildman–Crippen MR) is 130 cm³/mol. The van der Waals surface area contributed by atoms with Crippen LogP contribution in [0.15, 0.2) is 59.8 Å². The Bertz CT molecular complexity index is 1040. The van der Waals surface area contributed by atoms with Gasteiger partial charge in [0, 0.05) is 11.4 Å². The van der Waals surface area contributed by atoms with Gasteiger partial charge in [0.25, 0.3) is 0 Å². The zero-order valence-corrected chi connectivity index (χ0v) is 19.8. The van der Waals surface area contributed by atoms with Crippen molar-refractivity contribution in [2.75, 3.05) is 18.4 Å². The number of hydrogen-bond donors (Lipinski definition) is 1. The van der Waals surface area contributed by atoms with Crippen LogP contribution in [0.2, 0.25) is 0 Å². The van der Waals surface area contributed by atoms with Crippen molar-refractivity contribution in [2.45, 2.75) is 56.5 Å². The van der Waals surface area contributed by atoms with E-state index in [1.807, 2.05) is 43.3 Å². The molecule has 0 radical (unpaired) electrons. The van der Waals surface area contributed by atoms with Crippen molar-refractivity contribution in [1.82, 2.24) is 19.7 Å². The number of nitrogens with zero attached hydrogens (tertiary/aromatic N) is 4. The summed E-state index contributed by atoms with van der Waals surface area (Å²) in [5, 5.41) is 12.5. The van der Waals surface area contributed by atoms with Crippen LogP contribution in [-0.2, 0) is 11.3 Å². The Balaban J connectivity index is 1.54. The third kappa shape index (κ3) is 5.22. The Morgan fingerprint density at radius 3 is 2.41 bits per heavy atom. The number of anilines is 1. The summed E-state index contributed by atoms with van der Waals surface area (Å²) in [4.78, 5) is 15.4. The second-order valence-electron chi connectivity index (χ2n) is 8.54. The first kappa shape index (κ1) is 22.6. The molecule has 1 unspecified atom stereocenters. The van der Waals surface area contributed by atoms with E-state index in [-0.39, 0.29) is 11.2 Å². The van der Waals surface area contributed by atoms with Gasteiger partial charge in [-0.2, -0.15) is 0 Å². The molecule has 2 heterocycles. The molecule has 1 N–H and O–H groups in total. The van der Waals surface area contributed by atoms with Crippen LogP contribution in [0.3, 0.4) is 0 Å². The van der Waals surface area contributed by atoms with Gasteiger partial charge in [-0.05, 0) is 62.5 Å². The molecular formula is C25H31N5OS. The smallest absolute Gasteiger partial charge is 0.237 e. The van der Waals surface area contributed by atoms with E-state index >= 15 is 0 Å². The lowest BCUT2D eigenvalue weighted by atomic mass is 10.0. The number of rotatable bonds is 8. The SMILES string of the molecule is CC(Sc1nnc(CN2CCCC2)n1-c1ccccc1)C(=O)Nc1ccccc1C(C)C. The predicted octanol–water partition coefficient (Wildman–Crippen LogP) is 5.11. The molecule has 0 aliphatic carbocycles. The van der Waals surface area contributed by atoms with E-state index in [0.29, 0.717) is 5.92 Å². The van der Waals surface area contributed by atoms with Crippen LogP contribution in [0.5, 0.6) is 0 Å². The first-order valence-electron chi connectivity index (χ1n) is 11.3. The molecule has 0 bridgehead atoms. The maximum absolute atomic E-state index is 13.0. The number of carbonyl (C=O) groups excluding carboxylic acids is 1. The summed E-state index contributed by atoms with van der Waals surface area (Å²) in [6, 6.07) is 18.1. The Hall–Kier alpha value is -2.64. The maximum Gasteiger partial charge on any atom is 0.237 e. The number of amides is 1. The Labute approximate surface area is 194 Å². The molecule has 1 aromatic heterocycles. The van der Waals surface area contributed by atoms with E-state index < -0.39 is 0 Å². The van der Waals surface area contributed by atoms with Gasteiger partial charge in [0.05, 0.1) is 11.8 Å². The average molecular weight is 450 g/mol. The van der Waals surface area contributed by atoms with Crippen molar-refractivity contribution < 1.29 is 4.79 Å². The zero-order valence-electron chi connectivity index (χ0n) is 19.0. The number of hydrogen-bond acceptors (Lipinski definition) is 5. The lowest BCUT2D eigenvalue weighted by Gasteiger charge is -2.18. The first-order chi connectivity index (χ1) is 15.5. The molecule has 1 atom stereocenters. The van der Waals surface area contributed by atoms with Crippen LogP contribution in [-0.4, -0.2) is 43.9 Å². The molecule has 2 aromatic carbocycles. The quantitative estimate of drug-likeness (QED) is 0.485. The average Bonchev–Trinajstić information content (AvgIpc) is 3.45. The molecule has 0 saturated carbocycles. The molecule has 6 nitrogen and oxygen atoms in total. The lowest BCUT2D eigenvalue weighted by molar-refractivity contribution is -0.115. The number of likely N-dealkylation sites (tertiary alicyclic amines) is 1. The molecule has 1 aliphatic rings. The number of thioether (sulfide) groups is 1. The highest BCUT2D eigenvalue weighted by atomic mass is 32.2. The van der Waals surface area contributed by atoms with E-state index in [9.17, 15) is 4.79 Å². The number of aromatic nitrogens is 3. The topological polar surface area (TPSA) is 63.1 Å². The number of para-hydroxylation sites is 2. The largest absolute Gasteiger partial charge is 0.325 e. The summed E-state index contributed by atoms with van der Waals surface area (Å²) >= 11 is 1.44. The Morgan fingerprint density at radius 1 is 1.00 bits per heavy atom. The number of nitrogens with one attached hydrogen (secondary N) is 1. The molecule has 1 saturated heterocycles. The standard InChI is InChI=1S/C25H31N5OS/c1-18(2)21-13-7-8-14-22(21)26-24(31)19(3)32-25-28-27-23(17-29-15-9-10-16-29)30(25)20-11-5-4-6-12-20/h4-8,11-14,18-19H,9-10,15-17H2,1-3H3,(H,26,31). The minimum Gasteiger partial charge on any atom is -0.325 e. The fourth-order valence-electron chi connectivity index (χ4n) is 4.02. The fraction of sp³-hybridized carbons (Fsp3) is 0.400. The van der Waals surface area contributed by atoms with E-state index in [2.05, 4.69) is 57.0 Å². The van der Waals surface area contributed by atoms with Crippen molar-refractivity contribution in [3.05, 3.63) is 66.0 Å². The van der Waals surface area contributed by atoms with E-state index in [1.165, 1.54) is 24.6 Å². The minimum atomic E-state index is -0.318. The van der Waals surface area contributed by atoms with Crippen LogP contribution in [0, 0.1) is 0 Å². The molecule has 168 valence electrons. The molecule has 1 aliphatic heterocycles. The summed E-state index contributed by atoms with van der Waals surface area (Å²) in [7, 11) is 0. The molecule has 1 fully saturated rings. The second kappa shape index (κ2) is 10.3. The van der Waals surface area contributed by atoms with Crippen LogP contribution < -0.4 is 5.32 Å². The molecule has 3 aromatic rings. The van der Waals surface area contributed by atoms with Crippen molar-refractivity contribution in [3.63, 3.8) is 0 Å². The summed E-state index contributed by atoms with van der Waals surface area (Å²) < 4.78 is 2.09. The van der Waals surface area contributed by atoms with Gasteiger partial charge in [0.15, 0.2) is 11.0 Å². The Kier molecular flexibility index (Phi) is 7.27. The van der Waals surface area contributed by atoms with Crippen molar-refractivity contribution >= 4 is 23.4 Å². The number of benzene rings is 2. The van der Waals surface area contributed by atoms with Crippen LogP contribution in [0.4, 0.5) is 5.69 Å². The third-order valence-corrected chi connectivity index (χ3v) is 6.81. The molecule has 32 heavy (non-hydrogen) atoms. The minimum absolute atomic E-state index is 0.0354. The maximum atomic E-state index is 13.0. The summed E-state index contributed by atoms with van der Waals surface area (Å²) in [6.07, 6.45) is 2.46. The van der Waals surface area contributed by atoms with Crippen molar-refractivity contribution in [2.24, 2.45) is 0 Å². The van der Waals surface area contributed by atoms with E-state index in [1.54, 1.807) is 0 Å². The van der Waals surface area contributed by atoms with Crippen molar-refractivity contribution in [3.8, 4) is 5.69 Å². The number of carbonyl (C=O) groups is 1. The van der Waals surface area contributed by atoms with Gasteiger partial charge in [-0.1, -0.05) is 62.0 Å². The van der Waals surface area contributed by atoms with E-state index in [0.717, 1.165) is 47.6 Å². The first-order valence-corrected chi connectivity index (χ1v) is 12.2. The van der Waals surface area contributed by atoms with E-state index in [4.69, 9.17) is 0 Å². The molecular weight excluding hydrogens is 418 g/mol. The molecule has 7 heteroatoms. The highest BCUT2D eigenvalue weighted by Gasteiger charge is 2.23. The lowest BCUT2D eigenvalue weighted by Crippen LogP contribution is -2.24. The van der Waals surface area contributed by atoms with Gasteiger partial charge in [0.1, 0.15) is 0 Å².